The summed E-state index contributed by atoms with van der Waals surface area (Å²) < 4.78 is 4.68. The Bertz CT molecular complexity index is 3610. The number of para-hydroxylation sites is 3. The van der Waals surface area contributed by atoms with E-state index in [4.69, 9.17) is 15.0 Å². The molecule has 3 aromatic heterocycles. The maximum atomic E-state index is 5.33. The van der Waals surface area contributed by atoms with Crippen molar-refractivity contribution >= 4 is 43.6 Å². The second-order valence-electron chi connectivity index (χ2n) is 15.6. The molecule has 0 unspecified atom stereocenters. The van der Waals surface area contributed by atoms with Gasteiger partial charge in [0.1, 0.15) is 0 Å². The molecule has 290 valence electrons. The number of benzene rings is 9. The van der Waals surface area contributed by atoms with Crippen molar-refractivity contribution < 1.29 is 0 Å². The molecule has 0 radical (unpaired) electrons. The molecule has 12 rings (SSSR count). The minimum atomic E-state index is 0.560. The Morgan fingerprint density at radius 1 is 0.274 bits per heavy atom. The average molecular weight is 792 g/mol. The highest BCUT2D eigenvalue weighted by molar-refractivity contribution is 6.26. The van der Waals surface area contributed by atoms with Crippen LogP contribution < -0.4 is 0 Å². The molecule has 0 fully saturated rings. The van der Waals surface area contributed by atoms with E-state index < -0.39 is 0 Å². The zero-order chi connectivity index (χ0) is 41.0. The molecule has 0 saturated carbocycles. The zero-order valence-electron chi connectivity index (χ0n) is 33.6. The van der Waals surface area contributed by atoms with Gasteiger partial charge >= 0.3 is 0 Å². The van der Waals surface area contributed by atoms with Crippen LogP contribution in [0.3, 0.4) is 0 Å². The van der Waals surface area contributed by atoms with Crippen molar-refractivity contribution in [2.24, 2.45) is 0 Å². The topological polar surface area (TPSA) is 48.5 Å². The standard InChI is InChI=1S/C57H37N5/c1-4-18-38(19-5-1)43-24-10-11-25-44(43)40-32-34-42(35-33-40)56-58-55(41-22-8-3-9-23-41)59-57(60-56)62-51-31-17-14-28-48(51)53-52(62)37-36-47-46-27-13-16-30-50(46)61(54(47)53)49-29-15-12-26-45(49)39-20-6-2-7-21-39/h1-37H. The third-order valence-corrected chi connectivity index (χ3v) is 12.0. The summed E-state index contributed by atoms with van der Waals surface area (Å²) in [5, 5.41) is 4.66. The van der Waals surface area contributed by atoms with Crippen molar-refractivity contribution in [2.45, 2.75) is 0 Å². The van der Waals surface area contributed by atoms with Crippen LogP contribution in [0.1, 0.15) is 0 Å². The first kappa shape index (κ1) is 35.5. The molecule has 0 aliphatic heterocycles. The normalized spacial score (nSPS) is 11.5. The van der Waals surface area contributed by atoms with Crippen LogP contribution in [0.25, 0.3) is 111 Å². The van der Waals surface area contributed by atoms with Crippen molar-refractivity contribution in [2.75, 3.05) is 0 Å². The third-order valence-electron chi connectivity index (χ3n) is 12.0. The molecular weight excluding hydrogens is 755 g/mol. The summed E-state index contributed by atoms with van der Waals surface area (Å²) in [5.41, 5.74) is 14.3. The van der Waals surface area contributed by atoms with Crippen molar-refractivity contribution in [3.8, 4) is 67.8 Å². The second-order valence-corrected chi connectivity index (χ2v) is 15.6. The minimum absolute atomic E-state index is 0.560. The predicted octanol–water partition coefficient (Wildman–Crippen LogP) is 14.4. The molecule has 5 heteroatoms. The van der Waals surface area contributed by atoms with Gasteiger partial charge in [0.15, 0.2) is 11.6 Å². The number of rotatable bonds is 7. The van der Waals surface area contributed by atoms with E-state index in [-0.39, 0.29) is 0 Å². The molecule has 0 saturated heterocycles. The Labute approximate surface area is 358 Å². The Balaban J connectivity index is 1.10. The van der Waals surface area contributed by atoms with Crippen LogP contribution in [-0.4, -0.2) is 24.1 Å². The molecular formula is C57H37N5. The number of fused-ring (bicyclic) bond motifs is 7. The van der Waals surface area contributed by atoms with E-state index in [9.17, 15) is 0 Å². The Hall–Kier alpha value is -8.41. The lowest BCUT2D eigenvalue weighted by molar-refractivity contribution is 0.953. The van der Waals surface area contributed by atoms with Gasteiger partial charge in [-0.3, -0.25) is 4.57 Å². The van der Waals surface area contributed by atoms with Crippen LogP contribution in [0.2, 0.25) is 0 Å². The maximum absolute atomic E-state index is 5.33. The Kier molecular flexibility index (Phi) is 8.42. The SMILES string of the molecule is c1ccc(-c2nc(-c3ccc(-c4ccccc4-c4ccccc4)cc3)nc(-n3c4ccccc4c4c3ccc3c5ccccc5n(-c5ccccc5-c5ccccc5)c34)n2)cc1. The van der Waals surface area contributed by atoms with Gasteiger partial charge in [-0.1, -0.05) is 200 Å². The van der Waals surface area contributed by atoms with Crippen LogP contribution in [0.4, 0.5) is 0 Å². The van der Waals surface area contributed by atoms with Crippen molar-refractivity contribution in [1.29, 1.82) is 0 Å². The first-order valence-corrected chi connectivity index (χ1v) is 21.0. The molecule has 0 N–H and O–H groups in total. The van der Waals surface area contributed by atoms with E-state index in [1.54, 1.807) is 0 Å². The highest BCUT2D eigenvalue weighted by Gasteiger charge is 2.24. The van der Waals surface area contributed by atoms with Crippen LogP contribution >= 0.6 is 0 Å². The largest absolute Gasteiger partial charge is 0.308 e. The molecule has 12 aromatic rings. The highest BCUT2D eigenvalue weighted by atomic mass is 15.2. The minimum Gasteiger partial charge on any atom is -0.308 e. The summed E-state index contributed by atoms with van der Waals surface area (Å²) in [5.74, 6) is 1.78. The first-order valence-electron chi connectivity index (χ1n) is 21.0. The third kappa shape index (κ3) is 5.82. The number of hydrogen-bond acceptors (Lipinski definition) is 3. The van der Waals surface area contributed by atoms with Gasteiger partial charge in [-0.2, -0.15) is 9.97 Å². The molecule has 3 heterocycles. The van der Waals surface area contributed by atoms with Gasteiger partial charge in [0.2, 0.25) is 5.95 Å². The van der Waals surface area contributed by atoms with Crippen molar-refractivity contribution in [3.05, 3.63) is 224 Å². The number of nitrogens with zero attached hydrogens (tertiary/aromatic N) is 5. The molecule has 9 aromatic carbocycles. The van der Waals surface area contributed by atoms with Gasteiger partial charge in [0.25, 0.3) is 0 Å². The fraction of sp³-hybridized carbons (Fsp3) is 0. The predicted molar refractivity (Wildman–Crippen MR) is 256 cm³/mol. The quantitative estimate of drug-likeness (QED) is 0.162. The lowest BCUT2D eigenvalue weighted by Gasteiger charge is -2.15. The van der Waals surface area contributed by atoms with Gasteiger partial charge in [0, 0.05) is 38.2 Å². The Morgan fingerprint density at radius 3 is 1.37 bits per heavy atom. The smallest absolute Gasteiger partial charge is 0.238 e. The highest BCUT2D eigenvalue weighted by Crippen LogP contribution is 2.43. The lowest BCUT2D eigenvalue weighted by Crippen LogP contribution is -2.06. The molecule has 0 spiro atoms. The van der Waals surface area contributed by atoms with Crippen LogP contribution in [-0.2, 0) is 0 Å². The van der Waals surface area contributed by atoms with E-state index in [0.717, 1.165) is 55.2 Å². The van der Waals surface area contributed by atoms with E-state index in [2.05, 4.69) is 215 Å². The first-order chi connectivity index (χ1) is 30.8. The zero-order valence-corrected chi connectivity index (χ0v) is 33.6. The van der Waals surface area contributed by atoms with E-state index in [1.807, 2.05) is 18.2 Å². The van der Waals surface area contributed by atoms with Gasteiger partial charge in [-0.15, -0.1) is 0 Å². The molecule has 0 atom stereocenters. The van der Waals surface area contributed by atoms with Crippen molar-refractivity contribution in [3.63, 3.8) is 0 Å². The fourth-order valence-electron chi connectivity index (χ4n) is 9.22. The van der Waals surface area contributed by atoms with E-state index in [0.29, 0.717) is 17.6 Å². The molecule has 0 aliphatic carbocycles. The maximum Gasteiger partial charge on any atom is 0.238 e. The fourth-order valence-corrected chi connectivity index (χ4v) is 9.22. The summed E-state index contributed by atoms with van der Waals surface area (Å²) >= 11 is 0. The summed E-state index contributed by atoms with van der Waals surface area (Å²) in [6, 6.07) is 79.2. The number of aromatic nitrogens is 5. The van der Waals surface area contributed by atoms with E-state index >= 15 is 0 Å². The van der Waals surface area contributed by atoms with Gasteiger partial charge in [-0.25, -0.2) is 4.98 Å². The molecule has 0 bridgehead atoms. The van der Waals surface area contributed by atoms with Gasteiger partial charge in [-0.05, 0) is 52.1 Å². The lowest BCUT2D eigenvalue weighted by atomic mass is 9.94. The van der Waals surface area contributed by atoms with Gasteiger partial charge in [0.05, 0.1) is 27.8 Å². The molecule has 0 aliphatic rings. The number of hydrogen-bond donors (Lipinski definition) is 0. The van der Waals surface area contributed by atoms with E-state index in [1.165, 1.54) is 38.6 Å². The average Bonchev–Trinajstić information content (AvgIpc) is 3.88. The van der Waals surface area contributed by atoms with Crippen LogP contribution in [0.5, 0.6) is 0 Å². The van der Waals surface area contributed by atoms with Crippen LogP contribution in [0.15, 0.2) is 224 Å². The Morgan fingerprint density at radius 2 is 0.726 bits per heavy atom. The van der Waals surface area contributed by atoms with Crippen molar-refractivity contribution in [1.82, 2.24) is 24.1 Å². The summed E-state index contributed by atoms with van der Waals surface area (Å²) in [4.78, 5) is 15.7. The summed E-state index contributed by atoms with van der Waals surface area (Å²) in [6.07, 6.45) is 0. The molecule has 0 amide bonds. The summed E-state index contributed by atoms with van der Waals surface area (Å²) in [6.45, 7) is 0. The summed E-state index contributed by atoms with van der Waals surface area (Å²) in [7, 11) is 0. The monoisotopic (exact) mass is 791 g/mol. The van der Waals surface area contributed by atoms with Gasteiger partial charge < -0.3 is 4.57 Å². The van der Waals surface area contributed by atoms with Crippen LogP contribution in [0, 0.1) is 0 Å². The second kappa shape index (κ2) is 14.7. The molecule has 62 heavy (non-hydrogen) atoms. The molecule has 5 nitrogen and oxygen atoms in total.